The number of ether oxygens (including phenoxy) is 1. The smallest absolute Gasteiger partial charge is 0.408 e. The SMILES string of the molecule is CC(C)(C)OC(=O)NCN1CCC1. The minimum atomic E-state index is -0.404. The van der Waals surface area contributed by atoms with Crippen molar-refractivity contribution < 1.29 is 9.53 Å². The fourth-order valence-corrected chi connectivity index (χ4v) is 1.03. The fourth-order valence-electron chi connectivity index (χ4n) is 1.03. The highest BCUT2D eigenvalue weighted by Crippen LogP contribution is 2.07. The molecule has 0 aromatic rings. The Labute approximate surface area is 79.2 Å². The number of nitrogens with zero attached hydrogens (tertiary/aromatic N) is 1. The van der Waals surface area contributed by atoms with Gasteiger partial charge in [-0.2, -0.15) is 0 Å². The highest BCUT2D eigenvalue weighted by Gasteiger charge is 2.18. The number of carbonyl (C=O) groups is 1. The maximum absolute atomic E-state index is 11.1. The molecule has 0 saturated carbocycles. The van der Waals surface area contributed by atoms with E-state index >= 15 is 0 Å². The molecule has 1 aliphatic rings. The molecule has 76 valence electrons. The third kappa shape index (κ3) is 4.12. The zero-order valence-corrected chi connectivity index (χ0v) is 8.59. The molecule has 1 saturated heterocycles. The lowest BCUT2D eigenvalue weighted by Gasteiger charge is -2.31. The summed E-state index contributed by atoms with van der Waals surface area (Å²) in [6, 6.07) is 0. The Hall–Kier alpha value is -0.770. The van der Waals surface area contributed by atoms with E-state index in [9.17, 15) is 4.79 Å². The summed E-state index contributed by atoms with van der Waals surface area (Å²) >= 11 is 0. The second kappa shape index (κ2) is 3.96. The molecule has 1 rings (SSSR count). The molecule has 1 heterocycles. The first kappa shape index (κ1) is 10.3. The molecule has 0 bridgehead atoms. The number of alkyl carbamates (subject to hydrolysis) is 1. The highest BCUT2D eigenvalue weighted by atomic mass is 16.6. The van der Waals surface area contributed by atoms with E-state index in [0.717, 1.165) is 13.1 Å². The molecule has 1 aliphatic heterocycles. The highest BCUT2D eigenvalue weighted by molar-refractivity contribution is 5.67. The average molecular weight is 186 g/mol. The summed E-state index contributed by atoms with van der Waals surface area (Å²) in [5, 5.41) is 2.71. The van der Waals surface area contributed by atoms with E-state index in [0.29, 0.717) is 6.67 Å². The first-order chi connectivity index (χ1) is 5.97. The van der Waals surface area contributed by atoms with Crippen LogP contribution in [0.1, 0.15) is 27.2 Å². The van der Waals surface area contributed by atoms with Gasteiger partial charge in [0.05, 0.1) is 6.67 Å². The van der Waals surface area contributed by atoms with E-state index in [2.05, 4.69) is 10.2 Å². The van der Waals surface area contributed by atoms with Crippen molar-refractivity contribution in [2.24, 2.45) is 0 Å². The van der Waals surface area contributed by atoms with Crippen molar-refractivity contribution in [1.29, 1.82) is 0 Å². The van der Waals surface area contributed by atoms with Gasteiger partial charge in [-0.25, -0.2) is 4.79 Å². The Morgan fingerprint density at radius 3 is 2.46 bits per heavy atom. The van der Waals surface area contributed by atoms with Crippen LogP contribution in [-0.2, 0) is 4.74 Å². The summed E-state index contributed by atoms with van der Waals surface area (Å²) in [5.74, 6) is 0. The van der Waals surface area contributed by atoms with E-state index in [1.807, 2.05) is 20.8 Å². The van der Waals surface area contributed by atoms with E-state index in [-0.39, 0.29) is 6.09 Å². The van der Waals surface area contributed by atoms with Crippen LogP contribution < -0.4 is 5.32 Å². The Bertz CT molecular complexity index is 183. The van der Waals surface area contributed by atoms with Crippen molar-refractivity contribution in [2.75, 3.05) is 19.8 Å². The van der Waals surface area contributed by atoms with Gasteiger partial charge in [0.1, 0.15) is 5.60 Å². The van der Waals surface area contributed by atoms with E-state index in [1.54, 1.807) is 0 Å². The normalized spacial score (nSPS) is 17.8. The molecule has 0 aromatic heterocycles. The minimum absolute atomic E-state index is 0.334. The van der Waals surface area contributed by atoms with Crippen LogP contribution in [0.2, 0.25) is 0 Å². The molecule has 0 aromatic carbocycles. The molecule has 0 atom stereocenters. The molecule has 4 heteroatoms. The van der Waals surface area contributed by atoms with Crippen molar-refractivity contribution in [3.8, 4) is 0 Å². The van der Waals surface area contributed by atoms with Crippen LogP contribution in [0, 0.1) is 0 Å². The summed E-state index contributed by atoms with van der Waals surface area (Å²) < 4.78 is 5.08. The molecule has 0 spiro atoms. The van der Waals surface area contributed by atoms with Gasteiger partial charge in [0.2, 0.25) is 0 Å². The summed E-state index contributed by atoms with van der Waals surface area (Å²) in [6.07, 6.45) is 0.898. The molecule has 0 unspecified atom stereocenters. The van der Waals surface area contributed by atoms with Crippen LogP contribution in [0.25, 0.3) is 0 Å². The summed E-state index contributed by atoms with van der Waals surface area (Å²) in [5.41, 5.74) is -0.404. The van der Waals surface area contributed by atoms with Gasteiger partial charge in [-0.1, -0.05) is 0 Å². The zero-order chi connectivity index (χ0) is 9.90. The van der Waals surface area contributed by atoms with Gasteiger partial charge >= 0.3 is 6.09 Å². The third-order valence-corrected chi connectivity index (χ3v) is 1.79. The number of rotatable bonds is 2. The van der Waals surface area contributed by atoms with Crippen molar-refractivity contribution in [3.63, 3.8) is 0 Å². The molecule has 0 radical (unpaired) electrons. The molecule has 4 nitrogen and oxygen atoms in total. The zero-order valence-electron chi connectivity index (χ0n) is 8.59. The second-order valence-electron chi connectivity index (χ2n) is 4.31. The van der Waals surface area contributed by atoms with Crippen LogP contribution in [-0.4, -0.2) is 36.4 Å². The summed E-state index contributed by atoms with van der Waals surface area (Å²) in [4.78, 5) is 13.3. The van der Waals surface area contributed by atoms with Crippen LogP contribution in [0.3, 0.4) is 0 Å². The first-order valence-corrected chi connectivity index (χ1v) is 4.66. The Morgan fingerprint density at radius 2 is 2.08 bits per heavy atom. The van der Waals surface area contributed by atoms with E-state index in [1.165, 1.54) is 6.42 Å². The van der Waals surface area contributed by atoms with Gasteiger partial charge < -0.3 is 10.1 Å². The van der Waals surface area contributed by atoms with Gasteiger partial charge in [0.15, 0.2) is 0 Å². The lowest BCUT2D eigenvalue weighted by Crippen LogP contribution is -2.46. The van der Waals surface area contributed by atoms with Crippen LogP contribution in [0.5, 0.6) is 0 Å². The van der Waals surface area contributed by atoms with E-state index < -0.39 is 5.60 Å². The number of nitrogens with one attached hydrogen (secondary N) is 1. The van der Waals surface area contributed by atoms with Gasteiger partial charge in [0, 0.05) is 13.1 Å². The van der Waals surface area contributed by atoms with Crippen LogP contribution in [0.15, 0.2) is 0 Å². The maximum Gasteiger partial charge on any atom is 0.408 e. The standard InChI is InChI=1S/C9H18N2O2/c1-9(2,3)13-8(12)10-7-11-5-4-6-11/h4-7H2,1-3H3,(H,10,12). The number of hydrogen-bond acceptors (Lipinski definition) is 3. The largest absolute Gasteiger partial charge is 0.444 e. The number of likely N-dealkylation sites (tertiary alicyclic amines) is 1. The van der Waals surface area contributed by atoms with Crippen molar-refractivity contribution >= 4 is 6.09 Å². The summed E-state index contributed by atoms with van der Waals surface area (Å²) in [6.45, 7) is 8.34. The Kier molecular flexibility index (Phi) is 3.14. The minimum Gasteiger partial charge on any atom is -0.444 e. The predicted octanol–water partition coefficient (Wildman–Crippen LogP) is 1.17. The summed E-state index contributed by atoms with van der Waals surface area (Å²) in [7, 11) is 0. The van der Waals surface area contributed by atoms with Crippen LogP contribution >= 0.6 is 0 Å². The number of hydrogen-bond donors (Lipinski definition) is 1. The van der Waals surface area contributed by atoms with Gasteiger partial charge in [-0.3, -0.25) is 4.90 Å². The topological polar surface area (TPSA) is 41.6 Å². The fraction of sp³-hybridized carbons (Fsp3) is 0.889. The Balaban J connectivity index is 2.10. The maximum atomic E-state index is 11.1. The molecular formula is C9H18N2O2. The van der Waals surface area contributed by atoms with Crippen molar-refractivity contribution in [2.45, 2.75) is 32.8 Å². The Morgan fingerprint density at radius 1 is 1.46 bits per heavy atom. The average Bonchev–Trinajstić information content (AvgIpc) is 1.78. The molecule has 1 N–H and O–H groups in total. The molecule has 1 amide bonds. The molecule has 1 fully saturated rings. The van der Waals surface area contributed by atoms with Gasteiger partial charge in [-0.05, 0) is 27.2 Å². The quantitative estimate of drug-likeness (QED) is 0.704. The monoisotopic (exact) mass is 186 g/mol. The number of carbonyl (C=O) groups excluding carboxylic acids is 1. The lowest BCUT2D eigenvalue weighted by molar-refractivity contribution is 0.0464. The van der Waals surface area contributed by atoms with E-state index in [4.69, 9.17) is 4.74 Å². The third-order valence-electron chi connectivity index (χ3n) is 1.79. The van der Waals surface area contributed by atoms with Crippen molar-refractivity contribution in [3.05, 3.63) is 0 Å². The van der Waals surface area contributed by atoms with Crippen molar-refractivity contribution in [1.82, 2.24) is 10.2 Å². The van der Waals surface area contributed by atoms with Crippen LogP contribution in [0.4, 0.5) is 4.79 Å². The molecule has 13 heavy (non-hydrogen) atoms. The first-order valence-electron chi connectivity index (χ1n) is 4.66. The molecular weight excluding hydrogens is 168 g/mol. The van der Waals surface area contributed by atoms with Gasteiger partial charge in [0.25, 0.3) is 0 Å². The lowest BCUT2D eigenvalue weighted by atomic mass is 10.2. The second-order valence-corrected chi connectivity index (χ2v) is 4.31. The predicted molar refractivity (Wildman–Crippen MR) is 50.4 cm³/mol. The number of amides is 1. The van der Waals surface area contributed by atoms with Gasteiger partial charge in [-0.15, -0.1) is 0 Å². The molecule has 0 aliphatic carbocycles.